The Morgan fingerprint density at radius 1 is 1.25 bits per heavy atom. The molecule has 1 aromatic carbocycles. The molecule has 1 N–H and O–H groups in total. The van der Waals surface area contributed by atoms with Crippen LogP contribution in [0, 0.1) is 10.1 Å². The number of nitrogens with zero attached hydrogens (tertiary/aromatic N) is 2. The van der Waals surface area contributed by atoms with E-state index in [0.717, 1.165) is 19.2 Å². The molecule has 11 nitrogen and oxygen atoms in total. The minimum atomic E-state index is -4.42. The molecule has 12 heteroatoms. The molecule has 0 aromatic heterocycles. The summed E-state index contributed by atoms with van der Waals surface area (Å²) in [6, 6.07) is 4.77. The number of esters is 1. The van der Waals surface area contributed by atoms with E-state index in [1.165, 1.54) is 12.1 Å². The highest BCUT2D eigenvalue weighted by molar-refractivity contribution is 7.89. The van der Waals surface area contributed by atoms with E-state index < -0.39 is 49.7 Å². The van der Waals surface area contributed by atoms with Crippen LogP contribution >= 0.6 is 0 Å². The standard InChI is InChI=1S/C16H23N3O8S/c1-16(2,3)27-15(21)17-9-10-18(11-14(20)26-4)28(24,25)13-8-6-5-7-12(13)19(22)23/h5-8H,9-11H2,1-4H3,(H,17,21). The van der Waals surface area contributed by atoms with Crippen LogP contribution in [0.5, 0.6) is 0 Å². The highest BCUT2D eigenvalue weighted by Gasteiger charge is 2.32. The molecule has 0 aliphatic heterocycles. The molecule has 0 saturated heterocycles. The Kier molecular flexibility index (Phi) is 7.88. The average molecular weight is 417 g/mol. The van der Waals surface area contributed by atoms with Gasteiger partial charge in [-0.15, -0.1) is 0 Å². The number of amides is 1. The van der Waals surface area contributed by atoms with Gasteiger partial charge in [-0.3, -0.25) is 14.9 Å². The summed E-state index contributed by atoms with van der Waals surface area (Å²) in [5.74, 6) is -0.862. The lowest BCUT2D eigenvalue weighted by atomic mass is 10.2. The molecular weight excluding hydrogens is 394 g/mol. The van der Waals surface area contributed by atoms with Crippen molar-refractivity contribution in [1.82, 2.24) is 9.62 Å². The Labute approximate surface area is 162 Å². The SMILES string of the molecule is COC(=O)CN(CCNC(=O)OC(C)(C)C)S(=O)(=O)c1ccccc1[N+](=O)[O-]. The number of nitro benzene ring substituents is 1. The van der Waals surface area contributed by atoms with Crippen LogP contribution < -0.4 is 5.32 Å². The number of alkyl carbamates (subject to hydrolysis) is 1. The van der Waals surface area contributed by atoms with Crippen LogP contribution in [0.3, 0.4) is 0 Å². The smallest absolute Gasteiger partial charge is 0.407 e. The van der Waals surface area contributed by atoms with Crippen molar-refractivity contribution in [2.24, 2.45) is 0 Å². The zero-order chi connectivity index (χ0) is 21.5. The summed E-state index contributed by atoms with van der Waals surface area (Å²) in [6.45, 7) is 3.79. The number of nitro groups is 1. The lowest BCUT2D eigenvalue weighted by Gasteiger charge is -2.22. The molecular formula is C16H23N3O8S. The van der Waals surface area contributed by atoms with Crippen LogP contribution in [0.15, 0.2) is 29.2 Å². The maximum absolute atomic E-state index is 12.9. The number of hydrogen-bond acceptors (Lipinski definition) is 8. The number of benzene rings is 1. The first-order valence-electron chi connectivity index (χ1n) is 8.15. The Morgan fingerprint density at radius 2 is 1.86 bits per heavy atom. The minimum Gasteiger partial charge on any atom is -0.468 e. The number of nitrogens with one attached hydrogen (secondary N) is 1. The van der Waals surface area contributed by atoms with Crippen LogP contribution in [-0.2, 0) is 24.3 Å². The summed E-state index contributed by atoms with van der Waals surface area (Å²) in [4.78, 5) is 33.1. The van der Waals surface area contributed by atoms with Gasteiger partial charge in [-0.05, 0) is 26.8 Å². The van der Waals surface area contributed by atoms with Gasteiger partial charge in [-0.2, -0.15) is 4.31 Å². The fraction of sp³-hybridized carbons (Fsp3) is 0.500. The second-order valence-electron chi connectivity index (χ2n) is 6.57. The fourth-order valence-corrected chi connectivity index (χ4v) is 3.60. The minimum absolute atomic E-state index is 0.189. The molecule has 0 unspecified atom stereocenters. The Hall–Kier alpha value is -2.73. The third-order valence-electron chi connectivity index (χ3n) is 3.24. The van der Waals surface area contributed by atoms with Crippen molar-refractivity contribution in [3.63, 3.8) is 0 Å². The summed E-state index contributed by atoms with van der Waals surface area (Å²) in [7, 11) is -3.34. The highest BCUT2D eigenvalue weighted by Crippen LogP contribution is 2.26. The third-order valence-corrected chi connectivity index (χ3v) is 5.13. The van der Waals surface area contributed by atoms with Gasteiger partial charge in [0, 0.05) is 19.2 Å². The maximum atomic E-state index is 12.9. The Bertz CT molecular complexity index is 833. The highest BCUT2D eigenvalue weighted by atomic mass is 32.2. The van der Waals surface area contributed by atoms with E-state index in [1.807, 2.05) is 0 Å². The van der Waals surface area contributed by atoms with Crippen LogP contribution in [0.25, 0.3) is 0 Å². The number of carbonyl (C=O) groups is 2. The van der Waals surface area contributed by atoms with Crippen molar-refractivity contribution in [1.29, 1.82) is 0 Å². The van der Waals surface area contributed by atoms with E-state index in [-0.39, 0.29) is 13.1 Å². The number of sulfonamides is 1. The maximum Gasteiger partial charge on any atom is 0.407 e. The lowest BCUT2D eigenvalue weighted by molar-refractivity contribution is -0.387. The normalized spacial score (nSPS) is 11.8. The molecule has 0 radical (unpaired) electrons. The first-order valence-corrected chi connectivity index (χ1v) is 9.59. The molecule has 0 atom stereocenters. The molecule has 0 heterocycles. The van der Waals surface area contributed by atoms with Gasteiger partial charge in [0.2, 0.25) is 0 Å². The van der Waals surface area contributed by atoms with Crippen molar-refractivity contribution >= 4 is 27.8 Å². The largest absolute Gasteiger partial charge is 0.468 e. The molecule has 0 saturated carbocycles. The van der Waals surface area contributed by atoms with Crippen molar-refractivity contribution in [3.8, 4) is 0 Å². The van der Waals surface area contributed by atoms with Gasteiger partial charge >= 0.3 is 12.1 Å². The van der Waals surface area contributed by atoms with Crippen molar-refractivity contribution in [2.75, 3.05) is 26.7 Å². The van der Waals surface area contributed by atoms with Crippen molar-refractivity contribution in [3.05, 3.63) is 34.4 Å². The summed E-state index contributed by atoms with van der Waals surface area (Å²) in [6.07, 6.45) is -0.770. The van der Waals surface area contributed by atoms with Gasteiger partial charge < -0.3 is 14.8 Å². The van der Waals surface area contributed by atoms with Crippen LogP contribution in [-0.4, -0.2) is 62.1 Å². The number of rotatable bonds is 8. The number of ether oxygens (including phenoxy) is 2. The number of para-hydroxylation sites is 1. The van der Waals surface area contributed by atoms with Crippen LogP contribution in [0.1, 0.15) is 20.8 Å². The fourth-order valence-electron chi connectivity index (χ4n) is 2.05. The van der Waals surface area contributed by atoms with Crippen LogP contribution in [0.4, 0.5) is 10.5 Å². The van der Waals surface area contributed by atoms with E-state index in [0.29, 0.717) is 4.31 Å². The monoisotopic (exact) mass is 417 g/mol. The van der Waals surface area contributed by atoms with Crippen LogP contribution in [0.2, 0.25) is 0 Å². The van der Waals surface area contributed by atoms with Gasteiger partial charge in [0.1, 0.15) is 12.1 Å². The summed E-state index contributed by atoms with van der Waals surface area (Å²) in [5, 5.41) is 13.5. The summed E-state index contributed by atoms with van der Waals surface area (Å²) < 4.78 is 36.0. The van der Waals surface area contributed by atoms with Gasteiger partial charge in [0.25, 0.3) is 15.7 Å². The van der Waals surface area contributed by atoms with E-state index in [2.05, 4.69) is 10.1 Å². The van der Waals surface area contributed by atoms with Gasteiger partial charge in [-0.1, -0.05) is 12.1 Å². The average Bonchev–Trinajstić information content (AvgIpc) is 2.58. The Balaban J connectivity index is 3.05. The first kappa shape index (κ1) is 23.3. The second kappa shape index (κ2) is 9.46. The number of hydrogen-bond donors (Lipinski definition) is 1. The second-order valence-corrected chi connectivity index (χ2v) is 8.47. The van der Waals surface area contributed by atoms with E-state index in [9.17, 15) is 28.1 Å². The molecule has 1 rings (SSSR count). The molecule has 1 amide bonds. The number of carbonyl (C=O) groups excluding carboxylic acids is 2. The summed E-state index contributed by atoms with van der Waals surface area (Å²) in [5.41, 5.74) is -1.37. The molecule has 0 spiro atoms. The molecule has 0 bridgehead atoms. The van der Waals surface area contributed by atoms with E-state index in [4.69, 9.17) is 4.74 Å². The topological polar surface area (TPSA) is 145 Å². The molecule has 28 heavy (non-hydrogen) atoms. The summed E-state index contributed by atoms with van der Waals surface area (Å²) >= 11 is 0. The van der Waals surface area contributed by atoms with Gasteiger partial charge in [0.05, 0.1) is 12.0 Å². The zero-order valence-electron chi connectivity index (χ0n) is 16.0. The molecule has 0 aliphatic carbocycles. The molecule has 156 valence electrons. The lowest BCUT2D eigenvalue weighted by Crippen LogP contribution is -2.42. The van der Waals surface area contributed by atoms with Gasteiger partial charge in [0.15, 0.2) is 4.90 Å². The molecule has 0 aliphatic rings. The van der Waals surface area contributed by atoms with E-state index in [1.54, 1.807) is 20.8 Å². The van der Waals surface area contributed by atoms with Crippen molar-refractivity contribution in [2.45, 2.75) is 31.3 Å². The molecule has 1 aromatic rings. The quantitative estimate of drug-likeness (QED) is 0.378. The predicted octanol–water partition coefficient (Wildman–Crippen LogP) is 1.28. The third kappa shape index (κ3) is 6.78. The number of methoxy groups -OCH3 is 1. The van der Waals surface area contributed by atoms with Gasteiger partial charge in [-0.25, -0.2) is 13.2 Å². The molecule has 0 fully saturated rings. The first-order chi connectivity index (χ1) is 12.9. The van der Waals surface area contributed by atoms with Crippen molar-refractivity contribution < 1.29 is 32.4 Å². The zero-order valence-corrected chi connectivity index (χ0v) is 16.8. The van der Waals surface area contributed by atoms with E-state index >= 15 is 0 Å². The predicted molar refractivity (Wildman–Crippen MR) is 98.1 cm³/mol. The Morgan fingerprint density at radius 3 is 2.39 bits per heavy atom.